The molecule has 0 atom stereocenters. The predicted octanol–water partition coefficient (Wildman–Crippen LogP) is 3.42. The third kappa shape index (κ3) is 3.24. The Morgan fingerprint density at radius 3 is 2.52 bits per heavy atom. The van der Waals surface area contributed by atoms with Crippen molar-refractivity contribution < 1.29 is 9.32 Å². The van der Waals surface area contributed by atoms with Gasteiger partial charge in [0.2, 0.25) is 5.91 Å². The fraction of sp³-hybridized carbons (Fsp3) is 0.227. The van der Waals surface area contributed by atoms with Gasteiger partial charge in [-0.15, -0.1) is 0 Å². The van der Waals surface area contributed by atoms with E-state index in [0.717, 1.165) is 22.2 Å². The van der Waals surface area contributed by atoms with E-state index in [0.29, 0.717) is 17.0 Å². The number of carbonyl (C=O) groups is 1. The average Bonchev–Trinajstić information content (AvgIpc) is 3.16. The number of hydrogen-bond acceptors (Lipinski definition) is 4. The number of rotatable bonds is 4. The maximum Gasteiger partial charge on any atom is 0.295 e. The van der Waals surface area contributed by atoms with Gasteiger partial charge >= 0.3 is 0 Å². The van der Waals surface area contributed by atoms with Crippen LogP contribution >= 0.6 is 0 Å². The molecule has 1 N–H and O–H groups in total. The van der Waals surface area contributed by atoms with E-state index >= 15 is 0 Å². The van der Waals surface area contributed by atoms with Gasteiger partial charge in [-0.1, -0.05) is 23.4 Å². The minimum Gasteiger partial charge on any atom is -0.356 e. The molecule has 0 spiro atoms. The highest BCUT2D eigenvalue weighted by Crippen LogP contribution is 2.23. The normalized spacial score (nSPS) is 11.2. The van der Waals surface area contributed by atoms with Gasteiger partial charge in [0.25, 0.3) is 5.56 Å². The van der Waals surface area contributed by atoms with Gasteiger partial charge in [0.1, 0.15) is 11.4 Å². The van der Waals surface area contributed by atoms with Gasteiger partial charge in [-0.05, 0) is 56.2 Å². The Labute approximate surface area is 167 Å². The zero-order valence-electron chi connectivity index (χ0n) is 16.8. The highest BCUT2D eigenvalue weighted by Gasteiger charge is 2.20. The van der Waals surface area contributed by atoms with Crippen LogP contribution < -0.4 is 10.9 Å². The van der Waals surface area contributed by atoms with Crippen LogP contribution in [0.1, 0.15) is 22.5 Å². The molecule has 29 heavy (non-hydrogen) atoms. The van der Waals surface area contributed by atoms with E-state index in [1.165, 1.54) is 4.68 Å². The number of fused-ring (bicyclic) bond motifs is 1. The monoisotopic (exact) mass is 390 g/mol. The molecule has 0 unspecified atom stereocenters. The largest absolute Gasteiger partial charge is 0.356 e. The molecule has 0 fully saturated rings. The minimum absolute atomic E-state index is 0.0224. The van der Waals surface area contributed by atoms with Crippen LogP contribution in [0.2, 0.25) is 0 Å². The molecule has 0 saturated carbocycles. The predicted molar refractivity (Wildman–Crippen MR) is 112 cm³/mol. The summed E-state index contributed by atoms with van der Waals surface area (Å²) in [6.45, 7) is 5.80. The number of nitrogens with zero attached hydrogens (tertiary/aromatic N) is 3. The van der Waals surface area contributed by atoms with Crippen molar-refractivity contribution in [3.8, 4) is 5.69 Å². The summed E-state index contributed by atoms with van der Waals surface area (Å²) in [5, 5.41) is 7.63. The SMILES string of the molecule is Cc1cc2onc(CC(=O)Nc3c(C)n(C)n(-c4ccccc4)c3=O)c2cc1C. The zero-order valence-corrected chi connectivity index (χ0v) is 16.8. The molecule has 0 bridgehead atoms. The highest BCUT2D eigenvalue weighted by molar-refractivity contribution is 5.95. The second-order valence-electron chi connectivity index (χ2n) is 7.22. The number of anilines is 1. The standard InChI is InChI=1S/C22H22N4O3/c1-13-10-17-18(24-29-19(17)11-14(13)2)12-20(27)23-21-15(3)25(4)26(22(21)28)16-8-6-5-7-9-16/h5-11H,12H2,1-4H3,(H,23,27). The van der Waals surface area contributed by atoms with Crippen LogP contribution in [0.4, 0.5) is 5.69 Å². The van der Waals surface area contributed by atoms with E-state index in [1.54, 1.807) is 18.7 Å². The van der Waals surface area contributed by atoms with E-state index in [9.17, 15) is 9.59 Å². The summed E-state index contributed by atoms with van der Waals surface area (Å²) in [6, 6.07) is 13.2. The van der Waals surface area contributed by atoms with Gasteiger partial charge in [0.05, 0.1) is 17.8 Å². The van der Waals surface area contributed by atoms with Crippen molar-refractivity contribution in [2.45, 2.75) is 27.2 Å². The molecule has 0 radical (unpaired) electrons. The van der Waals surface area contributed by atoms with Crippen LogP contribution in [0, 0.1) is 20.8 Å². The molecule has 0 aliphatic heterocycles. The van der Waals surface area contributed by atoms with Crippen LogP contribution in [0.5, 0.6) is 0 Å². The summed E-state index contributed by atoms with van der Waals surface area (Å²) in [7, 11) is 1.79. The number of para-hydroxylation sites is 1. The summed E-state index contributed by atoms with van der Waals surface area (Å²) in [5.74, 6) is -0.315. The van der Waals surface area contributed by atoms with Crippen LogP contribution in [-0.4, -0.2) is 20.4 Å². The molecule has 148 valence electrons. The van der Waals surface area contributed by atoms with Crippen molar-refractivity contribution in [2.75, 3.05) is 5.32 Å². The van der Waals surface area contributed by atoms with Gasteiger partial charge in [-0.2, -0.15) is 0 Å². The van der Waals surface area contributed by atoms with Gasteiger partial charge < -0.3 is 9.84 Å². The molecular formula is C22H22N4O3. The minimum atomic E-state index is -0.315. The molecular weight excluding hydrogens is 368 g/mol. The van der Waals surface area contributed by atoms with Crippen molar-refractivity contribution in [1.29, 1.82) is 0 Å². The Bertz CT molecular complexity index is 1280. The summed E-state index contributed by atoms with van der Waals surface area (Å²) in [4.78, 5) is 25.6. The van der Waals surface area contributed by atoms with Crippen molar-refractivity contribution in [2.24, 2.45) is 7.05 Å². The van der Waals surface area contributed by atoms with Crippen LogP contribution in [0.3, 0.4) is 0 Å². The number of nitrogens with one attached hydrogen (secondary N) is 1. The number of aromatic nitrogens is 3. The summed E-state index contributed by atoms with van der Waals surface area (Å²) in [5.41, 5.74) is 4.80. The zero-order chi connectivity index (χ0) is 20.7. The van der Waals surface area contributed by atoms with Crippen molar-refractivity contribution in [3.05, 3.63) is 75.3 Å². The van der Waals surface area contributed by atoms with Crippen molar-refractivity contribution in [1.82, 2.24) is 14.5 Å². The lowest BCUT2D eigenvalue weighted by atomic mass is 10.1. The lowest BCUT2D eigenvalue weighted by molar-refractivity contribution is -0.115. The number of hydrogen-bond donors (Lipinski definition) is 1. The van der Waals surface area contributed by atoms with Gasteiger partial charge in [0, 0.05) is 12.4 Å². The first-order valence-corrected chi connectivity index (χ1v) is 9.36. The van der Waals surface area contributed by atoms with E-state index in [-0.39, 0.29) is 23.6 Å². The summed E-state index contributed by atoms with van der Waals surface area (Å²) < 4.78 is 8.62. The fourth-order valence-electron chi connectivity index (χ4n) is 3.42. The van der Waals surface area contributed by atoms with Gasteiger partial charge in [0.15, 0.2) is 5.58 Å². The van der Waals surface area contributed by atoms with E-state index in [1.807, 2.05) is 56.3 Å². The maximum absolute atomic E-state index is 12.9. The number of benzene rings is 2. The molecule has 0 aliphatic carbocycles. The third-order valence-corrected chi connectivity index (χ3v) is 5.31. The van der Waals surface area contributed by atoms with E-state index in [2.05, 4.69) is 10.5 Å². The Kier molecular flexibility index (Phi) is 4.58. The Balaban J connectivity index is 1.63. The Morgan fingerprint density at radius 2 is 1.79 bits per heavy atom. The molecule has 4 aromatic rings. The summed E-state index contributed by atoms with van der Waals surface area (Å²) in [6.07, 6.45) is 0.0224. The molecule has 2 aromatic heterocycles. The summed E-state index contributed by atoms with van der Waals surface area (Å²) >= 11 is 0. The van der Waals surface area contributed by atoms with Crippen molar-refractivity contribution in [3.63, 3.8) is 0 Å². The maximum atomic E-state index is 12.9. The average molecular weight is 390 g/mol. The van der Waals surface area contributed by atoms with Crippen molar-refractivity contribution >= 4 is 22.6 Å². The second-order valence-corrected chi connectivity index (χ2v) is 7.22. The molecule has 0 saturated heterocycles. The topological polar surface area (TPSA) is 82.1 Å². The van der Waals surface area contributed by atoms with Crippen LogP contribution in [0.25, 0.3) is 16.7 Å². The first kappa shape index (κ1) is 18.7. The van der Waals surface area contributed by atoms with Crippen LogP contribution in [0.15, 0.2) is 51.8 Å². The first-order valence-electron chi connectivity index (χ1n) is 9.36. The van der Waals surface area contributed by atoms with E-state index < -0.39 is 0 Å². The van der Waals surface area contributed by atoms with E-state index in [4.69, 9.17) is 4.52 Å². The molecule has 0 aliphatic rings. The molecule has 7 nitrogen and oxygen atoms in total. The highest BCUT2D eigenvalue weighted by atomic mass is 16.5. The first-order chi connectivity index (χ1) is 13.9. The Hall–Kier alpha value is -3.61. The fourth-order valence-corrected chi connectivity index (χ4v) is 3.42. The molecule has 7 heteroatoms. The van der Waals surface area contributed by atoms with Crippen LogP contribution in [-0.2, 0) is 18.3 Å². The molecule has 2 heterocycles. The lowest BCUT2D eigenvalue weighted by Gasteiger charge is -2.07. The Morgan fingerprint density at radius 1 is 1.10 bits per heavy atom. The molecule has 1 amide bonds. The smallest absolute Gasteiger partial charge is 0.295 e. The second kappa shape index (κ2) is 7.09. The van der Waals surface area contributed by atoms with Gasteiger partial charge in [-0.25, -0.2) is 4.68 Å². The molecule has 4 rings (SSSR count). The number of aryl methyl sites for hydroxylation is 2. The molecule has 2 aromatic carbocycles. The quantitative estimate of drug-likeness (QED) is 0.579. The number of amides is 1. The third-order valence-electron chi connectivity index (χ3n) is 5.31. The lowest BCUT2D eigenvalue weighted by Crippen LogP contribution is -2.23. The van der Waals surface area contributed by atoms with Gasteiger partial charge in [-0.3, -0.25) is 14.3 Å². The number of carbonyl (C=O) groups excluding carboxylic acids is 1.